The average Bonchev–Trinajstić information content (AvgIpc) is 2.79. The standard InChI is InChI=1S/C73H130O12/c1-4-7-10-13-16-19-22-25-28-31-33-36-38-41-44-47-50-53-56-59-65(74)81-62-64(83-66(75)60-57-54-51-48-45-42-39-35-30-27-24-21-18-15-12-9-6-3)63-82-73-71(69(78)68(77)70(85-73)72(79)80)84-67(76)61-58-55-52-49-46-43-40-37-34-32-29-26-23-20-17-14-11-8-5-2/h17,20,25-26,28-29,34,37,64,68-71,73,77-78H,4-16,18-19,21-24,27,30-33,35-36,38-63H2,1-3H3,(H,79,80)/b20-17-,28-25-,29-26-,37-34-. The lowest BCUT2D eigenvalue weighted by Crippen LogP contribution is -2.61. The van der Waals surface area contributed by atoms with E-state index in [1.54, 1.807) is 0 Å². The van der Waals surface area contributed by atoms with E-state index < -0.39 is 67.3 Å². The van der Waals surface area contributed by atoms with Crippen molar-refractivity contribution in [3.05, 3.63) is 48.6 Å². The summed E-state index contributed by atoms with van der Waals surface area (Å²) in [5.74, 6) is -3.10. The predicted molar refractivity (Wildman–Crippen MR) is 349 cm³/mol. The molecule has 0 aromatic heterocycles. The van der Waals surface area contributed by atoms with Crippen molar-refractivity contribution < 1.29 is 58.2 Å². The SMILES string of the molecule is CCCCC/C=C\C/C=C\C/C=C\CCCCCCCCC(=O)OC1C(OCC(COC(=O)CCCCCCCCCCC/C=C\CCCCCCCC)OC(=O)CCCCCCCCCCCCCCCCCCC)OC(C(=O)O)C(O)C1O. The molecule has 0 aromatic carbocycles. The zero-order valence-electron chi connectivity index (χ0n) is 54.9. The van der Waals surface area contributed by atoms with E-state index >= 15 is 0 Å². The number of carboxylic acids is 1. The molecule has 0 aliphatic carbocycles. The van der Waals surface area contributed by atoms with Gasteiger partial charge in [0.2, 0.25) is 0 Å². The van der Waals surface area contributed by atoms with Gasteiger partial charge in [0.15, 0.2) is 24.6 Å². The molecule has 1 rings (SSSR count). The van der Waals surface area contributed by atoms with E-state index in [1.807, 2.05) is 0 Å². The molecule has 0 saturated carbocycles. The Bertz CT molecular complexity index is 1660. The molecule has 1 fully saturated rings. The second-order valence-electron chi connectivity index (χ2n) is 24.5. The molecule has 494 valence electrons. The van der Waals surface area contributed by atoms with Gasteiger partial charge in [-0.25, -0.2) is 4.79 Å². The predicted octanol–water partition coefficient (Wildman–Crippen LogP) is 19.7. The molecule has 3 N–H and O–H groups in total. The Morgan fingerprint density at radius 1 is 0.388 bits per heavy atom. The summed E-state index contributed by atoms with van der Waals surface area (Å²) in [4.78, 5) is 51.5. The smallest absolute Gasteiger partial charge is 0.335 e. The summed E-state index contributed by atoms with van der Waals surface area (Å²) in [6, 6.07) is 0. The molecule has 0 aromatic rings. The van der Waals surface area contributed by atoms with Gasteiger partial charge >= 0.3 is 23.9 Å². The first-order valence-electron chi connectivity index (χ1n) is 35.6. The summed E-state index contributed by atoms with van der Waals surface area (Å²) < 4.78 is 28.6. The van der Waals surface area contributed by atoms with Crippen LogP contribution in [0, 0.1) is 0 Å². The van der Waals surface area contributed by atoms with Crippen LogP contribution in [0.1, 0.15) is 342 Å². The minimum atomic E-state index is -1.91. The normalized spacial score (nSPS) is 17.7. The van der Waals surface area contributed by atoms with Gasteiger partial charge in [-0.1, -0.05) is 288 Å². The van der Waals surface area contributed by atoms with Gasteiger partial charge in [0.05, 0.1) is 6.61 Å². The van der Waals surface area contributed by atoms with Crippen molar-refractivity contribution in [3.63, 3.8) is 0 Å². The first-order valence-corrected chi connectivity index (χ1v) is 35.6. The van der Waals surface area contributed by atoms with Crippen molar-refractivity contribution in [1.29, 1.82) is 0 Å². The Labute approximate surface area is 520 Å². The van der Waals surface area contributed by atoms with Crippen LogP contribution < -0.4 is 0 Å². The van der Waals surface area contributed by atoms with E-state index in [-0.39, 0.29) is 25.9 Å². The van der Waals surface area contributed by atoms with Gasteiger partial charge < -0.3 is 39.0 Å². The third-order valence-electron chi connectivity index (χ3n) is 16.4. The summed E-state index contributed by atoms with van der Waals surface area (Å²) >= 11 is 0. The number of aliphatic hydroxyl groups is 2. The first-order chi connectivity index (χ1) is 41.6. The van der Waals surface area contributed by atoms with E-state index in [2.05, 4.69) is 69.4 Å². The fourth-order valence-corrected chi connectivity index (χ4v) is 10.9. The summed E-state index contributed by atoms with van der Waals surface area (Å²) in [7, 11) is 0. The molecule has 1 saturated heterocycles. The highest BCUT2D eigenvalue weighted by Gasteiger charge is 2.50. The van der Waals surface area contributed by atoms with Gasteiger partial charge in [0.25, 0.3) is 0 Å². The van der Waals surface area contributed by atoms with Crippen molar-refractivity contribution in [1.82, 2.24) is 0 Å². The number of carbonyl (C=O) groups is 4. The Morgan fingerprint density at radius 3 is 1.11 bits per heavy atom. The van der Waals surface area contributed by atoms with Gasteiger partial charge in [-0.05, 0) is 83.5 Å². The second kappa shape index (κ2) is 60.9. The third kappa shape index (κ3) is 50.3. The number of ether oxygens (including phenoxy) is 5. The lowest BCUT2D eigenvalue weighted by atomic mass is 9.98. The molecule has 6 atom stereocenters. The molecule has 1 aliphatic heterocycles. The van der Waals surface area contributed by atoms with Gasteiger partial charge in [-0.3, -0.25) is 14.4 Å². The molecule has 85 heavy (non-hydrogen) atoms. The number of carboxylic acid groups (broad SMARTS) is 1. The van der Waals surface area contributed by atoms with Crippen LogP contribution in [0.4, 0.5) is 0 Å². The molecule has 0 amide bonds. The topological polar surface area (TPSA) is 175 Å². The van der Waals surface area contributed by atoms with Crippen molar-refractivity contribution >= 4 is 23.9 Å². The zero-order valence-corrected chi connectivity index (χ0v) is 54.9. The number of hydrogen-bond acceptors (Lipinski definition) is 11. The molecule has 0 radical (unpaired) electrons. The minimum absolute atomic E-state index is 0.0482. The molecule has 12 nitrogen and oxygen atoms in total. The first kappa shape index (κ1) is 79.7. The second-order valence-corrected chi connectivity index (χ2v) is 24.5. The van der Waals surface area contributed by atoms with Crippen LogP contribution in [0.2, 0.25) is 0 Å². The van der Waals surface area contributed by atoms with Crippen LogP contribution >= 0.6 is 0 Å². The number of allylic oxidation sites excluding steroid dienone is 8. The number of esters is 3. The van der Waals surface area contributed by atoms with E-state index in [0.717, 1.165) is 89.9 Å². The van der Waals surface area contributed by atoms with Crippen LogP contribution in [0.15, 0.2) is 48.6 Å². The summed E-state index contributed by atoms with van der Waals surface area (Å²) in [5.41, 5.74) is 0. The molecule has 12 heteroatoms. The fraction of sp³-hybridized carbons (Fsp3) is 0.836. The quantitative estimate of drug-likeness (QED) is 0.0228. The van der Waals surface area contributed by atoms with E-state index in [0.29, 0.717) is 19.3 Å². The lowest BCUT2D eigenvalue weighted by molar-refractivity contribution is -0.301. The lowest BCUT2D eigenvalue weighted by Gasteiger charge is -2.40. The minimum Gasteiger partial charge on any atom is -0.479 e. The fourth-order valence-electron chi connectivity index (χ4n) is 10.9. The summed E-state index contributed by atoms with van der Waals surface area (Å²) in [6.45, 7) is 6.03. The van der Waals surface area contributed by atoms with Crippen molar-refractivity contribution in [2.75, 3.05) is 13.2 Å². The van der Waals surface area contributed by atoms with E-state index in [9.17, 15) is 34.5 Å². The Morgan fingerprint density at radius 2 is 0.706 bits per heavy atom. The van der Waals surface area contributed by atoms with Crippen LogP contribution in [0.5, 0.6) is 0 Å². The monoisotopic (exact) mass is 1200 g/mol. The van der Waals surface area contributed by atoms with Gasteiger partial charge in [-0.15, -0.1) is 0 Å². The maximum Gasteiger partial charge on any atom is 0.335 e. The number of rotatable bonds is 62. The van der Waals surface area contributed by atoms with Crippen molar-refractivity contribution in [2.24, 2.45) is 0 Å². The number of carbonyl (C=O) groups excluding carboxylic acids is 3. The maximum absolute atomic E-state index is 13.2. The van der Waals surface area contributed by atoms with Gasteiger partial charge in [0, 0.05) is 19.3 Å². The van der Waals surface area contributed by atoms with Crippen molar-refractivity contribution in [2.45, 2.75) is 379 Å². The molecule has 0 bridgehead atoms. The van der Waals surface area contributed by atoms with E-state index in [4.69, 9.17) is 23.7 Å². The zero-order chi connectivity index (χ0) is 61.7. The van der Waals surface area contributed by atoms with Crippen LogP contribution in [0.3, 0.4) is 0 Å². The molecular formula is C73H130O12. The number of aliphatic carboxylic acids is 1. The highest BCUT2D eigenvalue weighted by molar-refractivity contribution is 5.74. The maximum atomic E-state index is 13.2. The average molecular weight is 1200 g/mol. The summed E-state index contributed by atoms with van der Waals surface area (Å²) in [5, 5.41) is 31.7. The molecule has 1 aliphatic rings. The highest BCUT2D eigenvalue weighted by Crippen LogP contribution is 2.27. The number of aliphatic hydroxyl groups excluding tert-OH is 2. The molecule has 1 heterocycles. The van der Waals surface area contributed by atoms with Crippen LogP contribution in [-0.4, -0.2) is 89.2 Å². The number of unbranched alkanes of at least 4 members (excludes halogenated alkanes) is 40. The Balaban J connectivity index is 2.63. The van der Waals surface area contributed by atoms with E-state index in [1.165, 1.54) is 193 Å². The van der Waals surface area contributed by atoms with Crippen LogP contribution in [-0.2, 0) is 42.9 Å². The largest absolute Gasteiger partial charge is 0.479 e. The van der Waals surface area contributed by atoms with Crippen LogP contribution in [0.25, 0.3) is 0 Å². The Hall–Kier alpha value is -3.32. The number of hydrogen-bond donors (Lipinski definition) is 3. The molecule has 6 unspecified atom stereocenters. The van der Waals surface area contributed by atoms with Gasteiger partial charge in [-0.2, -0.15) is 0 Å². The Kier molecular flexibility index (Phi) is 57.1. The third-order valence-corrected chi connectivity index (χ3v) is 16.4. The summed E-state index contributed by atoms with van der Waals surface area (Å²) in [6.07, 6.45) is 63.4. The van der Waals surface area contributed by atoms with Gasteiger partial charge in [0.1, 0.15) is 18.8 Å². The molecule has 0 spiro atoms. The molecular weight excluding hydrogens is 1070 g/mol. The highest BCUT2D eigenvalue weighted by atomic mass is 16.7. The van der Waals surface area contributed by atoms with Crippen molar-refractivity contribution in [3.8, 4) is 0 Å².